The first-order valence-electron chi connectivity index (χ1n) is 5.40. The Bertz CT molecular complexity index is 508. The largest absolute Gasteiger partial charge is 0.395 e. The fraction of sp³-hybridized carbons (Fsp3) is 0.333. The number of aryl methyl sites for hydroxylation is 1. The molecule has 18 heavy (non-hydrogen) atoms. The number of benzene rings is 1. The lowest BCUT2D eigenvalue weighted by molar-refractivity contribution is 0.257. The summed E-state index contributed by atoms with van der Waals surface area (Å²) in [6.07, 6.45) is 1.94. The molecule has 0 bridgehead atoms. The maximum atomic E-state index is 12.1. The van der Waals surface area contributed by atoms with Gasteiger partial charge in [-0.05, 0) is 37.1 Å². The molecule has 1 atom stereocenters. The first-order valence-corrected chi connectivity index (χ1v) is 7.68. The van der Waals surface area contributed by atoms with E-state index in [1.54, 1.807) is 12.1 Å². The van der Waals surface area contributed by atoms with Crippen LogP contribution in [0.25, 0.3) is 0 Å². The van der Waals surface area contributed by atoms with E-state index in [1.807, 2.05) is 13.0 Å². The first kappa shape index (κ1) is 15.4. The highest BCUT2D eigenvalue weighted by Crippen LogP contribution is 2.19. The molecule has 0 aliphatic heterocycles. The molecule has 0 saturated heterocycles. The van der Waals surface area contributed by atoms with Gasteiger partial charge in [-0.25, -0.2) is 13.1 Å². The number of hydrogen-bond donors (Lipinski definition) is 2. The summed E-state index contributed by atoms with van der Waals surface area (Å²) < 4.78 is 27.4. The zero-order valence-corrected chi connectivity index (χ0v) is 12.5. The molecule has 0 radical (unpaired) electrons. The van der Waals surface area contributed by atoms with Crippen LogP contribution in [0.5, 0.6) is 0 Å². The Morgan fingerprint density at radius 3 is 2.67 bits per heavy atom. The van der Waals surface area contributed by atoms with Gasteiger partial charge in [-0.3, -0.25) is 0 Å². The fourth-order valence-electron chi connectivity index (χ4n) is 1.51. The Morgan fingerprint density at radius 1 is 1.50 bits per heavy atom. The van der Waals surface area contributed by atoms with Crippen molar-refractivity contribution in [3.05, 3.63) is 40.9 Å². The summed E-state index contributed by atoms with van der Waals surface area (Å²) >= 11 is 3.26. The molecule has 0 aliphatic carbocycles. The molecule has 0 heterocycles. The highest BCUT2D eigenvalue weighted by Gasteiger charge is 2.19. The van der Waals surface area contributed by atoms with Crippen molar-refractivity contribution in [3.8, 4) is 0 Å². The van der Waals surface area contributed by atoms with E-state index >= 15 is 0 Å². The number of sulfonamides is 1. The van der Waals surface area contributed by atoms with Gasteiger partial charge in [0.25, 0.3) is 0 Å². The van der Waals surface area contributed by atoms with Crippen LogP contribution in [0.1, 0.15) is 12.0 Å². The molecule has 0 aromatic heterocycles. The second kappa shape index (κ2) is 6.47. The number of aliphatic hydroxyl groups excluding tert-OH is 1. The number of nitrogens with one attached hydrogen (secondary N) is 1. The number of hydrogen-bond acceptors (Lipinski definition) is 3. The molecule has 0 amide bonds. The van der Waals surface area contributed by atoms with Gasteiger partial charge in [-0.15, -0.1) is 6.58 Å². The third kappa shape index (κ3) is 4.20. The number of halogens is 1. The van der Waals surface area contributed by atoms with Crippen molar-refractivity contribution in [2.75, 3.05) is 6.61 Å². The zero-order chi connectivity index (χ0) is 13.8. The van der Waals surface area contributed by atoms with Crippen LogP contribution < -0.4 is 4.72 Å². The van der Waals surface area contributed by atoms with Crippen molar-refractivity contribution in [1.82, 2.24) is 4.72 Å². The summed E-state index contributed by atoms with van der Waals surface area (Å²) in [7, 11) is -3.63. The van der Waals surface area contributed by atoms with Crippen LogP contribution in [-0.2, 0) is 10.0 Å². The van der Waals surface area contributed by atoms with E-state index in [1.165, 1.54) is 6.07 Å². The molecule has 1 rings (SSSR count). The van der Waals surface area contributed by atoms with Gasteiger partial charge in [-0.1, -0.05) is 22.0 Å². The molecule has 6 heteroatoms. The lowest BCUT2D eigenvalue weighted by atomic mass is 10.2. The van der Waals surface area contributed by atoms with Crippen LogP contribution in [0.3, 0.4) is 0 Å². The van der Waals surface area contributed by atoms with Crippen molar-refractivity contribution >= 4 is 26.0 Å². The molecule has 2 N–H and O–H groups in total. The average Bonchev–Trinajstić information content (AvgIpc) is 2.27. The quantitative estimate of drug-likeness (QED) is 0.782. The lowest BCUT2D eigenvalue weighted by Crippen LogP contribution is -2.37. The summed E-state index contributed by atoms with van der Waals surface area (Å²) in [4.78, 5) is 0.178. The summed E-state index contributed by atoms with van der Waals surface area (Å²) in [6.45, 7) is 5.08. The van der Waals surface area contributed by atoms with Gasteiger partial charge < -0.3 is 5.11 Å². The molecule has 100 valence electrons. The molecule has 0 spiro atoms. The van der Waals surface area contributed by atoms with Crippen LogP contribution in [0.2, 0.25) is 0 Å². The topological polar surface area (TPSA) is 66.4 Å². The van der Waals surface area contributed by atoms with Crippen molar-refractivity contribution in [2.24, 2.45) is 0 Å². The van der Waals surface area contributed by atoms with E-state index in [0.717, 1.165) is 5.56 Å². The van der Waals surface area contributed by atoms with E-state index in [-0.39, 0.29) is 11.5 Å². The molecular formula is C12H16BrNO3S. The smallest absolute Gasteiger partial charge is 0.240 e. The second-order valence-corrected chi connectivity index (χ2v) is 6.62. The molecule has 0 fully saturated rings. The number of aliphatic hydroxyl groups is 1. The molecule has 0 saturated carbocycles. The molecule has 1 unspecified atom stereocenters. The van der Waals surface area contributed by atoms with E-state index < -0.39 is 16.1 Å². The van der Waals surface area contributed by atoms with Gasteiger partial charge in [0, 0.05) is 10.5 Å². The Balaban J connectivity index is 3.01. The van der Waals surface area contributed by atoms with E-state index in [2.05, 4.69) is 27.2 Å². The van der Waals surface area contributed by atoms with Crippen LogP contribution in [0.4, 0.5) is 0 Å². The zero-order valence-electron chi connectivity index (χ0n) is 10.1. The highest BCUT2D eigenvalue weighted by molar-refractivity contribution is 9.10. The Labute approximate surface area is 116 Å². The van der Waals surface area contributed by atoms with Crippen molar-refractivity contribution in [3.63, 3.8) is 0 Å². The first-order chi connectivity index (χ1) is 8.39. The molecule has 4 nitrogen and oxygen atoms in total. The van der Waals surface area contributed by atoms with Gasteiger partial charge >= 0.3 is 0 Å². The SMILES string of the molecule is C=CCC(CO)NS(=O)(=O)c1cc(C)cc(Br)c1. The average molecular weight is 334 g/mol. The van der Waals surface area contributed by atoms with Gasteiger partial charge in [0.05, 0.1) is 11.5 Å². The minimum Gasteiger partial charge on any atom is -0.395 e. The van der Waals surface area contributed by atoms with Crippen molar-refractivity contribution in [1.29, 1.82) is 0 Å². The normalized spacial score (nSPS) is 13.3. The Kier molecular flexibility index (Phi) is 5.52. The lowest BCUT2D eigenvalue weighted by Gasteiger charge is -2.15. The maximum absolute atomic E-state index is 12.1. The minimum atomic E-state index is -3.63. The third-order valence-corrected chi connectivity index (χ3v) is 4.28. The molecule has 1 aromatic rings. The highest BCUT2D eigenvalue weighted by atomic mass is 79.9. The van der Waals surface area contributed by atoms with Crippen LogP contribution in [0.15, 0.2) is 40.2 Å². The summed E-state index contributed by atoms with van der Waals surface area (Å²) in [5.74, 6) is 0. The van der Waals surface area contributed by atoms with Crippen molar-refractivity contribution < 1.29 is 13.5 Å². The van der Waals surface area contributed by atoms with Crippen LogP contribution in [0, 0.1) is 6.92 Å². The third-order valence-electron chi connectivity index (χ3n) is 2.32. The Morgan fingerprint density at radius 2 is 2.17 bits per heavy atom. The van der Waals surface area contributed by atoms with E-state index in [0.29, 0.717) is 10.9 Å². The van der Waals surface area contributed by atoms with Crippen LogP contribution >= 0.6 is 15.9 Å². The van der Waals surface area contributed by atoms with E-state index in [9.17, 15) is 8.42 Å². The number of rotatable bonds is 6. The Hall–Kier alpha value is -0.690. The summed E-state index contributed by atoms with van der Waals surface area (Å²) in [5, 5.41) is 9.09. The van der Waals surface area contributed by atoms with Gasteiger partial charge in [0.1, 0.15) is 0 Å². The monoisotopic (exact) mass is 333 g/mol. The molecule has 0 aliphatic rings. The molecule has 1 aromatic carbocycles. The molecular weight excluding hydrogens is 318 g/mol. The van der Waals surface area contributed by atoms with Crippen LogP contribution in [-0.4, -0.2) is 26.2 Å². The van der Waals surface area contributed by atoms with Gasteiger partial charge in [0.15, 0.2) is 0 Å². The van der Waals surface area contributed by atoms with Crippen molar-refractivity contribution in [2.45, 2.75) is 24.3 Å². The van der Waals surface area contributed by atoms with Gasteiger partial charge in [0.2, 0.25) is 10.0 Å². The van der Waals surface area contributed by atoms with E-state index in [4.69, 9.17) is 5.11 Å². The van der Waals surface area contributed by atoms with Gasteiger partial charge in [-0.2, -0.15) is 0 Å². The predicted octanol–water partition coefficient (Wildman–Crippen LogP) is 1.97. The fourth-order valence-corrected chi connectivity index (χ4v) is 3.63. The summed E-state index contributed by atoms with van der Waals surface area (Å²) in [6, 6.07) is 4.38. The minimum absolute atomic E-state index is 0.178. The second-order valence-electron chi connectivity index (χ2n) is 3.99. The summed E-state index contributed by atoms with van der Waals surface area (Å²) in [5.41, 5.74) is 0.842. The maximum Gasteiger partial charge on any atom is 0.240 e. The predicted molar refractivity (Wildman–Crippen MR) is 74.9 cm³/mol. The standard InChI is InChI=1S/C12H16BrNO3S/c1-3-4-11(8-15)14-18(16,17)12-6-9(2)5-10(13)7-12/h3,5-7,11,14-15H,1,4,8H2,2H3.